The summed E-state index contributed by atoms with van der Waals surface area (Å²) in [4.78, 5) is 28.4. The van der Waals surface area contributed by atoms with E-state index in [9.17, 15) is 9.59 Å². The van der Waals surface area contributed by atoms with Crippen LogP contribution in [0.1, 0.15) is 10.4 Å². The van der Waals surface area contributed by atoms with Crippen molar-refractivity contribution >= 4 is 45.1 Å². The van der Waals surface area contributed by atoms with Crippen LogP contribution in [0.5, 0.6) is 5.75 Å². The van der Waals surface area contributed by atoms with Crippen LogP contribution in [0.4, 0.5) is 0 Å². The maximum Gasteiger partial charge on any atom is 0.257 e. The van der Waals surface area contributed by atoms with Gasteiger partial charge in [0.2, 0.25) is 5.91 Å². The van der Waals surface area contributed by atoms with E-state index in [1.165, 1.54) is 23.1 Å². The number of para-hydroxylation sites is 1. The van der Waals surface area contributed by atoms with Crippen molar-refractivity contribution in [3.63, 3.8) is 0 Å². The quantitative estimate of drug-likeness (QED) is 0.709. The number of nitrogens with zero attached hydrogens (tertiary/aromatic N) is 1. The number of hydrogen-bond acceptors (Lipinski definition) is 6. The molecule has 1 N–H and O–H groups in total. The molecule has 0 radical (unpaired) electrons. The van der Waals surface area contributed by atoms with Gasteiger partial charge in [-0.1, -0.05) is 23.9 Å². The Labute approximate surface area is 147 Å². The SMILES string of the molecule is COc1ccc(C(=O)NC(=O)CSc2nc3ccccc3s2)cc1. The van der Waals surface area contributed by atoms with Crippen molar-refractivity contribution in [2.24, 2.45) is 0 Å². The van der Waals surface area contributed by atoms with Crippen LogP contribution in [0.15, 0.2) is 52.9 Å². The fourth-order valence-electron chi connectivity index (χ4n) is 2.02. The van der Waals surface area contributed by atoms with Gasteiger partial charge in [-0.2, -0.15) is 0 Å². The number of fused-ring (bicyclic) bond motifs is 1. The predicted octanol–water partition coefficient (Wildman–Crippen LogP) is 3.35. The smallest absolute Gasteiger partial charge is 0.257 e. The van der Waals surface area contributed by atoms with Crippen LogP contribution < -0.4 is 10.1 Å². The minimum Gasteiger partial charge on any atom is -0.497 e. The molecule has 0 aliphatic heterocycles. The third kappa shape index (κ3) is 3.93. The number of ether oxygens (including phenoxy) is 1. The molecule has 0 aliphatic carbocycles. The van der Waals surface area contributed by atoms with Gasteiger partial charge in [-0.15, -0.1) is 11.3 Å². The summed E-state index contributed by atoms with van der Waals surface area (Å²) >= 11 is 2.85. The topological polar surface area (TPSA) is 68.3 Å². The minimum absolute atomic E-state index is 0.141. The van der Waals surface area contributed by atoms with Crippen molar-refractivity contribution in [3.8, 4) is 5.75 Å². The lowest BCUT2D eigenvalue weighted by Gasteiger charge is -2.04. The largest absolute Gasteiger partial charge is 0.497 e. The zero-order chi connectivity index (χ0) is 16.9. The molecule has 24 heavy (non-hydrogen) atoms. The van der Waals surface area contributed by atoms with Crippen molar-refractivity contribution < 1.29 is 14.3 Å². The lowest BCUT2D eigenvalue weighted by atomic mass is 10.2. The molecule has 0 saturated carbocycles. The molecule has 0 saturated heterocycles. The molecule has 1 aromatic heterocycles. The number of hydrogen-bond donors (Lipinski definition) is 1. The van der Waals surface area contributed by atoms with Crippen molar-refractivity contribution in [1.82, 2.24) is 10.3 Å². The van der Waals surface area contributed by atoms with Crippen molar-refractivity contribution in [2.75, 3.05) is 12.9 Å². The van der Waals surface area contributed by atoms with Crippen LogP contribution in [0.25, 0.3) is 10.2 Å². The minimum atomic E-state index is -0.424. The Kier molecular flexibility index (Phi) is 5.12. The summed E-state index contributed by atoms with van der Waals surface area (Å²) in [6, 6.07) is 14.4. The number of carbonyl (C=O) groups is 2. The van der Waals surface area contributed by atoms with Gasteiger partial charge in [0.25, 0.3) is 5.91 Å². The van der Waals surface area contributed by atoms with Crippen LogP contribution in [0.3, 0.4) is 0 Å². The zero-order valence-electron chi connectivity index (χ0n) is 12.8. The van der Waals surface area contributed by atoms with Gasteiger partial charge in [0.1, 0.15) is 5.75 Å². The molecule has 0 atom stereocenters. The van der Waals surface area contributed by atoms with E-state index < -0.39 is 5.91 Å². The molecule has 3 rings (SSSR count). The van der Waals surface area contributed by atoms with Gasteiger partial charge in [0.15, 0.2) is 4.34 Å². The summed E-state index contributed by atoms with van der Waals surface area (Å²) in [5.41, 5.74) is 1.33. The van der Waals surface area contributed by atoms with Crippen LogP contribution >= 0.6 is 23.1 Å². The average Bonchev–Trinajstić information content (AvgIpc) is 3.03. The molecule has 2 aromatic carbocycles. The lowest BCUT2D eigenvalue weighted by molar-refractivity contribution is -0.117. The molecular formula is C17H14N2O3S2. The maximum absolute atomic E-state index is 12.0. The Morgan fingerprint density at radius 2 is 1.92 bits per heavy atom. The zero-order valence-corrected chi connectivity index (χ0v) is 14.4. The van der Waals surface area contributed by atoms with E-state index in [1.807, 2.05) is 24.3 Å². The number of rotatable bonds is 5. The number of thioether (sulfide) groups is 1. The van der Waals surface area contributed by atoms with Crippen molar-refractivity contribution in [2.45, 2.75) is 4.34 Å². The normalized spacial score (nSPS) is 10.5. The standard InChI is InChI=1S/C17H14N2O3S2/c1-22-12-8-6-11(7-9-12)16(21)19-15(20)10-23-17-18-13-4-2-3-5-14(13)24-17/h2-9H,10H2,1H3,(H,19,20,21). The van der Waals surface area contributed by atoms with Gasteiger partial charge in [-0.25, -0.2) is 4.98 Å². The van der Waals surface area contributed by atoms with E-state index in [1.54, 1.807) is 31.4 Å². The first-order valence-corrected chi connectivity index (χ1v) is 8.92. The van der Waals surface area contributed by atoms with Gasteiger partial charge in [-0.05, 0) is 36.4 Å². The Morgan fingerprint density at radius 3 is 2.62 bits per heavy atom. The number of benzene rings is 2. The Morgan fingerprint density at radius 1 is 1.17 bits per heavy atom. The van der Waals surface area contributed by atoms with Gasteiger partial charge >= 0.3 is 0 Å². The van der Waals surface area contributed by atoms with Crippen LogP contribution in [-0.2, 0) is 4.79 Å². The van der Waals surface area contributed by atoms with E-state index in [0.717, 1.165) is 14.6 Å². The number of nitrogens with one attached hydrogen (secondary N) is 1. The van der Waals surface area contributed by atoms with Gasteiger partial charge in [0, 0.05) is 5.56 Å². The number of aromatic nitrogens is 1. The highest BCUT2D eigenvalue weighted by Crippen LogP contribution is 2.29. The molecule has 3 aromatic rings. The predicted molar refractivity (Wildman–Crippen MR) is 95.8 cm³/mol. The molecular weight excluding hydrogens is 344 g/mol. The second kappa shape index (κ2) is 7.46. The summed E-state index contributed by atoms with van der Waals surface area (Å²) in [6.45, 7) is 0. The molecule has 2 amide bonds. The number of amides is 2. The fraction of sp³-hybridized carbons (Fsp3) is 0.118. The first-order valence-electron chi connectivity index (χ1n) is 7.12. The molecule has 0 bridgehead atoms. The summed E-state index contributed by atoms with van der Waals surface area (Å²) in [7, 11) is 1.55. The maximum atomic E-state index is 12.0. The molecule has 0 spiro atoms. The van der Waals surface area contributed by atoms with Crippen molar-refractivity contribution in [3.05, 3.63) is 54.1 Å². The van der Waals surface area contributed by atoms with Crippen LogP contribution in [0, 0.1) is 0 Å². The lowest BCUT2D eigenvalue weighted by Crippen LogP contribution is -2.31. The number of thiazole rings is 1. The Hall–Kier alpha value is -2.38. The van der Waals surface area contributed by atoms with Crippen LogP contribution in [0.2, 0.25) is 0 Å². The molecule has 122 valence electrons. The van der Waals surface area contributed by atoms with E-state index in [0.29, 0.717) is 11.3 Å². The second-order valence-electron chi connectivity index (χ2n) is 4.84. The highest BCUT2D eigenvalue weighted by atomic mass is 32.2. The van der Waals surface area contributed by atoms with Gasteiger partial charge in [-0.3, -0.25) is 14.9 Å². The monoisotopic (exact) mass is 358 g/mol. The highest BCUT2D eigenvalue weighted by molar-refractivity contribution is 8.01. The van der Waals surface area contributed by atoms with Crippen molar-refractivity contribution in [1.29, 1.82) is 0 Å². The summed E-state index contributed by atoms with van der Waals surface area (Å²) in [5, 5.41) is 2.38. The second-order valence-corrected chi connectivity index (χ2v) is 7.10. The van der Waals surface area contributed by atoms with Gasteiger partial charge in [0.05, 0.1) is 23.1 Å². The molecule has 0 fully saturated rings. The molecule has 0 unspecified atom stereocenters. The third-order valence-corrected chi connectivity index (χ3v) is 5.39. The number of methoxy groups -OCH3 is 1. The molecule has 5 nitrogen and oxygen atoms in total. The van der Waals surface area contributed by atoms with E-state index >= 15 is 0 Å². The molecule has 0 aliphatic rings. The van der Waals surface area contributed by atoms with Gasteiger partial charge < -0.3 is 4.74 Å². The van der Waals surface area contributed by atoms with Crippen LogP contribution in [-0.4, -0.2) is 29.7 Å². The Bertz CT molecular complexity index is 842. The Balaban J connectivity index is 1.55. The number of carbonyl (C=O) groups excluding carboxylic acids is 2. The van der Waals surface area contributed by atoms with E-state index in [-0.39, 0.29) is 11.7 Å². The first-order chi connectivity index (χ1) is 11.7. The fourth-order valence-corrected chi connectivity index (χ4v) is 3.89. The first kappa shape index (κ1) is 16.5. The average molecular weight is 358 g/mol. The molecule has 7 heteroatoms. The summed E-state index contributed by atoms with van der Waals surface area (Å²) in [5.74, 6) is 0.0266. The van der Waals surface area contributed by atoms with E-state index in [2.05, 4.69) is 10.3 Å². The summed E-state index contributed by atoms with van der Waals surface area (Å²) < 4.78 is 6.92. The molecule has 1 heterocycles. The third-order valence-electron chi connectivity index (χ3n) is 3.21. The summed E-state index contributed by atoms with van der Waals surface area (Å²) in [6.07, 6.45) is 0. The van der Waals surface area contributed by atoms with E-state index in [4.69, 9.17) is 4.74 Å². The highest BCUT2D eigenvalue weighted by Gasteiger charge is 2.12. The number of imide groups is 1.